The van der Waals surface area contributed by atoms with Crippen molar-refractivity contribution in [3.8, 4) is 22.6 Å². The van der Waals surface area contributed by atoms with Crippen molar-refractivity contribution in [3.63, 3.8) is 0 Å². The molecule has 0 fully saturated rings. The van der Waals surface area contributed by atoms with E-state index in [1.807, 2.05) is 68.4 Å². The first-order valence-electron chi connectivity index (χ1n) is 8.19. The van der Waals surface area contributed by atoms with Gasteiger partial charge in [-0.2, -0.15) is 0 Å². The predicted octanol–water partition coefficient (Wildman–Crippen LogP) is 5.02. The quantitative estimate of drug-likeness (QED) is 0.617. The molecular weight excluding hydrogens is 312 g/mol. The topological polar surface area (TPSA) is 52.1 Å². The van der Waals surface area contributed by atoms with Gasteiger partial charge in [0.15, 0.2) is 5.82 Å². The number of benzene rings is 2. The van der Waals surface area contributed by atoms with Crippen LogP contribution in [0.3, 0.4) is 0 Å². The third kappa shape index (κ3) is 6.96. The molecule has 1 heterocycles. The molecule has 0 aliphatic heterocycles. The average Bonchev–Trinajstić information content (AvgIpc) is 2.71. The summed E-state index contributed by atoms with van der Waals surface area (Å²) in [6.45, 7) is 5.36. The zero-order valence-electron chi connectivity index (χ0n) is 15.1. The summed E-state index contributed by atoms with van der Waals surface area (Å²) in [6.07, 6.45) is 1.80. The first-order chi connectivity index (χ1) is 12.2. The molecule has 3 rings (SSSR count). The first kappa shape index (κ1) is 20.0. The molecule has 0 aliphatic rings. The van der Waals surface area contributed by atoms with E-state index >= 15 is 0 Å². The molecular formula is C21H24N2O2. The lowest BCUT2D eigenvalue weighted by Gasteiger charge is -2.03. The summed E-state index contributed by atoms with van der Waals surface area (Å²) in [5.41, 5.74) is 3.09. The maximum Gasteiger partial charge on any atom is 0.302 e. The van der Waals surface area contributed by atoms with Crippen molar-refractivity contribution in [1.29, 1.82) is 0 Å². The highest BCUT2D eigenvalue weighted by molar-refractivity contribution is 5.65. The molecule has 0 bridgehead atoms. The Hall–Kier alpha value is -3.01. The van der Waals surface area contributed by atoms with Crippen LogP contribution in [0.4, 0.5) is 0 Å². The van der Waals surface area contributed by atoms with E-state index in [2.05, 4.69) is 26.8 Å². The second kappa shape index (κ2) is 11.5. The second-order valence-electron chi connectivity index (χ2n) is 4.69. The van der Waals surface area contributed by atoms with E-state index in [4.69, 9.17) is 0 Å². The Balaban J connectivity index is 0.000000388. The second-order valence-corrected chi connectivity index (χ2v) is 4.69. The van der Waals surface area contributed by atoms with Gasteiger partial charge in [-0.25, -0.2) is 9.97 Å². The Morgan fingerprint density at radius 2 is 1.32 bits per heavy atom. The Labute approximate surface area is 149 Å². The molecule has 4 nitrogen and oxygen atoms in total. The molecule has 0 saturated carbocycles. The van der Waals surface area contributed by atoms with E-state index in [1.54, 1.807) is 6.20 Å². The van der Waals surface area contributed by atoms with E-state index in [0.717, 1.165) is 22.6 Å². The largest absolute Gasteiger partial charge is 0.469 e. The van der Waals surface area contributed by atoms with Gasteiger partial charge in [0.25, 0.3) is 0 Å². The van der Waals surface area contributed by atoms with E-state index in [9.17, 15) is 4.79 Å². The number of aromatic nitrogens is 2. The predicted molar refractivity (Wildman–Crippen MR) is 102 cm³/mol. The zero-order valence-corrected chi connectivity index (χ0v) is 15.1. The molecule has 2 aromatic carbocycles. The van der Waals surface area contributed by atoms with Gasteiger partial charge in [0, 0.05) is 24.2 Å². The number of hydrogen-bond donors (Lipinski definition) is 0. The zero-order chi connectivity index (χ0) is 18.5. The third-order valence-corrected chi connectivity index (χ3v) is 3.04. The van der Waals surface area contributed by atoms with Gasteiger partial charge < -0.3 is 4.74 Å². The van der Waals surface area contributed by atoms with Gasteiger partial charge in [0.05, 0.1) is 12.8 Å². The van der Waals surface area contributed by atoms with E-state index in [1.165, 1.54) is 14.0 Å². The number of ether oxygens (including phenoxy) is 1. The molecule has 0 spiro atoms. The molecule has 0 amide bonds. The highest BCUT2D eigenvalue weighted by Gasteiger charge is 2.03. The molecule has 0 radical (unpaired) electrons. The molecule has 4 heteroatoms. The molecule has 1 aromatic heterocycles. The maximum absolute atomic E-state index is 9.59. The summed E-state index contributed by atoms with van der Waals surface area (Å²) < 4.78 is 4.11. The van der Waals surface area contributed by atoms with Crippen LogP contribution in [0.25, 0.3) is 22.6 Å². The van der Waals surface area contributed by atoms with Crippen LogP contribution in [0.5, 0.6) is 0 Å². The number of esters is 1. The molecule has 0 N–H and O–H groups in total. The average molecular weight is 336 g/mol. The molecule has 130 valence electrons. The summed E-state index contributed by atoms with van der Waals surface area (Å²) in [7, 11) is 1.35. The van der Waals surface area contributed by atoms with Gasteiger partial charge in [-0.15, -0.1) is 0 Å². The van der Waals surface area contributed by atoms with Crippen molar-refractivity contribution in [1.82, 2.24) is 9.97 Å². The van der Waals surface area contributed by atoms with E-state index in [-0.39, 0.29) is 5.97 Å². The van der Waals surface area contributed by atoms with Crippen molar-refractivity contribution in [2.75, 3.05) is 7.11 Å². The van der Waals surface area contributed by atoms with Gasteiger partial charge in [-0.3, -0.25) is 4.79 Å². The lowest BCUT2D eigenvalue weighted by molar-refractivity contribution is -0.137. The minimum absolute atomic E-state index is 0.245. The van der Waals surface area contributed by atoms with Crippen LogP contribution >= 0.6 is 0 Å². The fraction of sp³-hybridized carbons (Fsp3) is 0.190. The minimum Gasteiger partial charge on any atom is -0.469 e. The van der Waals surface area contributed by atoms with Crippen LogP contribution in [0, 0.1) is 0 Å². The minimum atomic E-state index is -0.245. The molecule has 3 aromatic rings. The number of rotatable bonds is 2. The number of methoxy groups -OCH3 is 1. The van der Waals surface area contributed by atoms with Gasteiger partial charge in [-0.1, -0.05) is 74.5 Å². The van der Waals surface area contributed by atoms with Crippen molar-refractivity contribution < 1.29 is 9.53 Å². The SMILES string of the molecule is CC.COC(C)=O.c1ccc(-c2ccnc(-c3ccccc3)n2)cc1. The summed E-state index contributed by atoms with van der Waals surface area (Å²) in [5.74, 6) is 0.516. The van der Waals surface area contributed by atoms with Crippen LogP contribution in [-0.2, 0) is 9.53 Å². The van der Waals surface area contributed by atoms with Crippen molar-refractivity contribution in [2.24, 2.45) is 0 Å². The molecule has 0 aliphatic carbocycles. The Morgan fingerprint density at radius 3 is 1.80 bits per heavy atom. The van der Waals surface area contributed by atoms with Crippen LogP contribution in [0.1, 0.15) is 20.8 Å². The van der Waals surface area contributed by atoms with Gasteiger partial charge >= 0.3 is 5.97 Å². The molecule has 0 atom stereocenters. The Kier molecular flexibility index (Phi) is 9.23. The number of nitrogens with zero attached hydrogens (tertiary/aromatic N) is 2. The van der Waals surface area contributed by atoms with Crippen molar-refractivity contribution in [3.05, 3.63) is 72.9 Å². The highest BCUT2D eigenvalue weighted by Crippen LogP contribution is 2.20. The fourth-order valence-electron chi connectivity index (χ4n) is 1.85. The summed E-state index contributed by atoms with van der Waals surface area (Å²) in [6, 6.07) is 22.1. The van der Waals surface area contributed by atoms with Crippen LogP contribution < -0.4 is 0 Å². The van der Waals surface area contributed by atoms with Gasteiger partial charge in [0.2, 0.25) is 0 Å². The first-order valence-corrected chi connectivity index (χ1v) is 8.19. The lowest BCUT2D eigenvalue weighted by atomic mass is 10.1. The maximum atomic E-state index is 9.59. The summed E-state index contributed by atoms with van der Waals surface area (Å²) >= 11 is 0. The molecule has 0 unspecified atom stereocenters. The molecule has 25 heavy (non-hydrogen) atoms. The van der Waals surface area contributed by atoms with Crippen LogP contribution in [-0.4, -0.2) is 23.0 Å². The van der Waals surface area contributed by atoms with E-state index in [0.29, 0.717) is 0 Å². The summed E-state index contributed by atoms with van der Waals surface area (Å²) in [4.78, 5) is 18.5. The smallest absolute Gasteiger partial charge is 0.302 e. The fourth-order valence-corrected chi connectivity index (χ4v) is 1.85. The highest BCUT2D eigenvalue weighted by atomic mass is 16.5. The van der Waals surface area contributed by atoms with Crippen molar-refractivity contribution >= 4 is 5.97 Å². The number of carbonyl (C=O) groups is 1. The molecule has 0 saturated heterocycles. The number of hydrogen-bond acceptors (Lipinski definition) is 4. The Morgan fingerprint density at radius 1 is 0.840 bits per heavy atom. The third-order valence-electron chi connectivity index (χ3n) is 3.04. The lowest BCUT2D eigenvalue weighted by Crippen LogP contribution is -1.90. The standard InChI is InChI=1S/C16H12N2.C3H6O2.C2H6/c1-3-7-13(8-4-1)15-11-12-17-16(18-15)14-9-5-2-6-10-14;1-3(4)5-2;1-2/h1-12H;1-2H3;1-2H3. The van der Waals surface area contributed by atoms with E-state index < -0.39 is 0 Å². The van der Waals surface area contributed by atoms with Gasteiger partial charge in [0.1, 0.15) is 0 Å². The Bertz CT molecular complexity index is 689. The number of carbonyl (C=O) groups excluding carboxylic acids is 1. The normalized spacial score (nSPS) is 8.96. The van der Waals surface area contributed by atoms with Crippen LogP contribution in [0.15, 0.2) is 72.9 Å². The van der Waals surface area contributed by atoms with Crippen LogP contribution in [0.2, 0.25) is 0 Å². The van der Waals surface area contributed by atoms with Crippen molar-refractivity contribution in [2.45, 2.75) is 20.8 Å². The monoisotopic (exact) mass is 336 g/mol. The summed E-state index contributed by atoms with van der Waals surface area (Å²) in [5, 5.41) is 0. The van der Waals surface area contributed by atoms with Gasteiger partial charge in [-0.05, 0) is 6.07 Å².